The Bertz CT molecular complexity index is 258. The predicted molar refractivity (Wildman–Crippen MR) is 46.2 cm³/mol. The van der Waals surface area contributed by atoms with Gasteiger partial charge in [0.05, 0.1) is 5.69 Å². The molecule has 5 heteroatoms. The molecule has 1 aromatic heterocycles. The smallest absolute Gasteiger partial charge is 0.327 e. The van der Waals surface area contributed by atoms with Gasteiger partial charge in [0, 0.05) is 5.38 Å². The zero-order valence-corrected chi connectivity index (χ0v) is 7.71. The van der Waals surface area contributed by atoms with Crippen LogP contribution in [0.25, 0.3) is 0 Å². The van der Waals surface area contributed by atoms with Crippen molar-refractivity contribution in [3.05, 3.63) is 17.1 Å². The second-order valence-electron chi connectivity index (χ2n) is 2.63. The summed E-state index contributed by atoms with van der Waals surface area (Å²) in [5, 5.41) is 10.6. The monoisotopic (exact) mass is 186 g/mol. The van der Waals surface area contributed by atoms with Crippen molar-refractivity contribution in [2.24, 2.45) is 0 Å². The molecule has 0 amide bonds. The largest absolute Gasteiger partial charge is 0.480 e. The molecule has 0 aliphatic carbocycles. The van der Waals surface area contributed by atoms with Crippen molar-refractivity contribution in [2.75, 3.05) is 14.1 Å². The lowest BCUT2D eigenvalue weighted by atomic mass is 10.2. The molecule has 1 aromatic rings. The summed E-state index contributed by atoms with van der Waals surface area (Å²) in [6, 6.07) is 1.10. The van der Waals surface area contributed by atoms with Gasteiger partial charge in [-0.25, -0.2) is 0 Å². The van der Waals surface area contributed by atoms with Crippen LogP contribution in [0.5, 0.6) is 0 Å². The maximum absolute atomic E-state index is 10.8. The molecule has 1 N–H and O–H groups in total. The van der Waals surface area contributed by atoms with Crippen molar-refractivity contribution in [2.45, 2.75) is 6.04 Å². The molecule has 4 nitrogen and oxygen atoms in total. The number of hydrogen-bond acceptors (Lipinski definition) is 4. The fourth-order valence-electron chi connectivity index (χ4n) is 0.975. The third-order valence-electron chi connectivity index (χ3n) is 1.49. The predicted octanol–water partition coefficient (Wildman–Crippen LogP) is 0.830. The third kappa shape index (κ3) is 1.80. The second kappa shape index (κ2) is 3.64. The number of nitrogens with zero attached hydrogens (tertiary/aromatic N) is 2. The number of rotatable bonds is 3. The van der Waals surface area contributed by atoms with Crippen molar-refractivity contribution in [1.29, 1.82) is 0 Å². The van der Waals surface area contributed by atoms with Crippen LogP contribution in [0.2, 0.25) is 0 Å². The minimum absolute atomic E-state index is 0.595. The molecule has 0 aromatic carbocycles. The van der Waals surface area contributed by atoms with Gasteiger partial charge in [0.1, 0.15) is 0 Å². The summed E-state index contributed by atoms with van der Waals surface area (Å²) >= 11 is 1.26. The van der Waals surface area contributed by atoms with Crippen LogP contribution >= 0.6 is 11.5 Å². The van der Waals surface area contributed by atoms with Gasteiger partial charge >= 0.3 is 5.97 Å². The van der Waals surface area contributed by atoms with Gasteiger partial charge in [-0.1, -0.05) is 0 Å². The molecule has 12 heavy (non-hydrogen) atoms. The average molecular weight is 186 g/mol. The fourth-order valence-corrected chi connectivity index (χ4v) is 1.52. The van der Waals surface area contributed by atoms with Gasteiger partial charge in [-0.15, -0.1) is 0 Å². The Hall–Kier alpha value is -0.940. The lowest BCUT2D eigenvalue weighted by Gasteiger charge is -2.17. The number of hydrogen-bond donors (Lipinski definition) is 1. The highest BCUT2D eigenvalue weighted by molar-refractivity contribution is 7.03. The summed E-state index contributed by atoms with van der Waals surface area (Å²) in [5.74, 6) is -0.870. The van der Waals surface area contributed by atoms with Crippen LogP contribution < -0.4 is 0 Å². The normalized spacial score (nSPS) is 13.2. The molecule has 0 unspecified atom stereocenters. The number of aromatic nitrogens is 1. The average Bonchev–Trinajstić information content (AvgIpc) is 2.37. The summed E-state index contributed by atoms with van der Waals surface area (Å²) in [7, 11) is 3.44. The molecular weight excluding hydrogens is 176 g/mol. The number of carboxylic acid groups (broad SMARTS) is 1. The van der Waals surface area contributed by atoms with Crippen LogP contribution in [0, 0.1) is 0 Å². The van der Waals surface area contributed by atoms with E-state index in [0.29, 0.717) is 5.69 Å². The van der Waals surface area contributed by atoms with E-state index in [2.05, 4.69) is 4.37 Å². The van der Waals surface area contributed by atoms with Gasteiger partial charge in [-0.3, -0.25) is 9.69 Å². The number of carbonyl (C=O) groups is 1. The zero-order chi connectivity index (χ0) is 9.14. The fraction of sp³-hybridized carbons (Fsp3) is 0.429. The Morgan fingerprint density at radius 2 is 2.42 bits per heavy atom. The van der Waals surface area contributed by atoms with Crippen molar-refractivity contribution in [3.63, 3.8) is 0 Å². The van der Waals surface area contributed by atoms with Crippen LogP contribution in [0.15, 0.2) is 11.4 Å². The molecule has 1 atom stereocenters. The van der Waals surface area contributed by atoms with E-state index in [9.17, 15) is 4.79 Å². The summed E-state index contributed by atoms with van der Waals surface area (Å²) in [6.07, 6.45) is 0. The van der Waals surface area contributed by atoms with E-state index < -0.39 is 12.0 Å². The minimum Gasteiger partial charge on any atom is -0.480 e. The Kier molecular flexibility index (Phi) is 2.78. The summed E-state index contributed by atoms with van der Waals surface area (Å²) in [6.45, 7) is 0. The molecule has 0 aliphatic heterocycles. The molecule has 0 aliphatic rings. The molecule has 0 saturated heterocycles. The maximum atomic E-state index is 10.8. The third-order valence-corrected chi connectivity index (χ3v) is 2.06. The summed E-state index contributed by atoms with van der Waals surface area (Å²) in [5.41, 5.74) is 0.595. The van der Waals surface area contributed by atoms with E-state index in [1.807, 2.05) is 0 Å². The Balaban J connectivity index is 2.88. The SMILES string of the molecule is CN(C)[C@H](C(=O)O)c1ccsn1. The van der Waals surface area contributed by atoms with Gasteiger partial charge in [0.2, 0.25) is 0 Å². The highest BCUT2D eigenvalue weighted by atomic mass is 32.1. The quantitative estimate of drug-likeness (QED) is 0.759. The van der Waals surface area contributed by atoms with Crippen molar-refractivity contribution in [1.82, 2.24) is 9.27 Å². The first kappa shape index (κ1) is 9.15. The molecular formula is C7H10N2O2S. The van der Waals surface area contributed by atoms with E-state index in [4.69, 9.17) is 5.11 Å². The lowest BCUT2D eigenvalue weighted by Crippen LogP contribution is -2.27. The van der Waals surface area contributed by atoms with Gasteiger partial charge < -0.3 is 5.11 Å². The van der Waals surface area contributed by atoms with Crippen LogP contribution in [-0.4, -0.2) is 34.4 Å². The number of carboxylic acids is 1. The van der Waals surface area contributed by atoms with Crippen LogP contribution in [0.3, 0.4) is 0 Å². The van der Waals surface area contributed by atoms with E-state index in [1.165, 1.54) is 11.5 Å². The first-order valence-electron chi connectivity index (χ1n) is 3.42. The van der Waals surface area contributed by atoms with E-state index in [1.54, 1.807) is 30.4 Å². The van der Waals surface area contributed by atoms with E-state index in [0.717, 1.165) is 0 Å². The molecule has 66 valence electrons. The summed E-state index contributed by atoms with van der Waals surface area (Å²) < 4.78 is 3.98. The highest BCUT2D eigenvalue weighted by Gasteiger charge is 2.23. The molecule has 1 rings (SSSR count). The van der Waals surface area contributed by atoms with Crippen LogP contribution in [0.1, 0.15) is 11.7 Å². The first-order valence-corrected chi connectivity index (χ1v) is 4.26. The number of aliphatic carboxylic acids is 1. The van der Waals surface area contributed by atoms with Gasteiger partial charge in [-0.2, -0.15) is 4.37 Å². The van der Waals surface area contributed by atoms with Gasteiger partial charge in [0.15, 0.2) is 6.04 Å². The standard InChI is InChI=1S/C7H10N2O2S/c1-9(2)6(7(10)11)5-3-4-12-8-5/h3-4,6H,1-2H3,(H,10,11)/t6-/m0/s1. The topological polar surface area (TPSA) is 53.4 Å². The molecule has 0 radical (unpaired) electrons. The van der Waals surface area contributed by atoms with Crippen molar-refractivity contribution < 1.29 is 9.90 Å². The Morgan fingerprint density at radius 1 is 1.75 bits per heavy atom. The maximum Gasteiger partial charge on any atom is 0.327 e. The van der Waals surface area contributed by atoms with E-state index >= 15 is 0 Å². The second-order valence-corrected chi connectivity index (χ2v) is 3.29. The molecule has 0 fully saturated rings. The van der Waals surface area contributed by atoms with Crippen LogP contribution in [0.4, 0.5) is 0 Å². The Morgan fingerprint density at radius 3 is 2.75 bits per heavy atom. The zero-order valence-electron chi connectivity index (χ0n) is 6.89. The van der Waals surface area contributed by atoms with Crippen molar-refractivity contribution >= 4 is 17.5 Å². The van der Waals surface area contributed by atoms with E-state index in [-0.39, 0.29) is 0 Å². The number of likely N-dealkylation sites (N-methyl/N-ethyl adjacent to an activating group) is 1. The van der Waals surface area contributed by atoms with Gasteiger partial charge in [-0.05, 0) is 31.7 Å². The lowest BCUT2D eigenvalue weighted by molar-refractivity contribution is -0.142. The Labute approximate surface area is 74.6 Å². The molecule has 1 heterocycles. The highest BCUT2D eigenvalue weighted by Crippen LogP contribution is 2.17. The molecule has 0 spiro atoms. The first-order chi connectivity index (χ1) is 5.63. The molecule has 0 saturated carbocycles. The van der Waals surface area contributed by atoms with Gasteiger partial charge in [0.25, 0.3) is 0 Å². The molecule has 0 bridgehead atoms. The van der Waals surface area contributed by atoms with Crippen molar-refractivity contribution in [3.8, 4) is 0 Å². The minimum atomic E-state index is -0.870. The van der Waals surface area contributed by atoms with Crippen LogP contribution in [-0.2, 0) is 4.79 Å². The summed E-state index contributed by atoms with van der Waals surface area (Å²) in [4.78, 5) is 12.4.